The molecule has 0 saturated heterocycles. The second-order valence-corrected chi connectivity index (χ2v) is 13.7. The third kappa shape index (κ3) is 7.92. The van der Waals surface area contributed by atoms with Crippen LogP contribution in [0.25, 0.3) is 33.6 Å². The Morgan fingerprint density at radius 3 is 1.98 bits per heavy atom. The molecule has 2 aromatic carbocycles. The van der Waals surface area contributed by atoms with Crippen molar-refractivity contribution in [3.05, 3.63) is 71.6 Å². The van der Waals surface area contributed by atoms with E-state index in [0.717, 1.165) is 64.4 Å². The first-order chi connectivity index (χ1) is 21.1. The van der Waals surface area contributed by atoms with Crippen LogP contribution in [0.5, 0.6) is 0 Å². The largest absolute Gasteiger partial charge is 0.444 e. The molecule has 0 unspecified atom stereocenters. The molecule has 1 aliphatic carbocycles. The number of aromatic nitrogens is 4. The number of aryl methyl sites for hydroxylation is 2. The number of rotatable bonds is 6. The van der Waals surface area contributed by atoms with E-state index in [2.05, 4.69) is 68.1 Å². The average molecular weight is 613 g/mol. The number of nitrogens with one attached hydrogen (secondary N) is 4. The Morgan fingerprint density at radius 1 is 0.778 bits per heavy atom. The van der Waals surface area contributed by atoms with E-state index in [1.807, 2.05) is 55.4 Å². The number of imidazole rings is 2. The predicted octanol–water partition coefficient (Wildman–Crippen LogP) is 7.79. The summed E-state index contributed by atoms with van der Waals surface area (Å²) in [4.78, 5) is 40.7. The van der Waals surface area contributed by atoms with Gasteiger partial charge >= 0.3 is 12.2 Å². The maximum atomic E-state index is 12.3. The average Bonchev–Trinajstić information content (AvgIpc) is 3.56. The highest BCUT2D eigenvalue weighted by Gasteiger charge is 2.24. The Bertz CT molecular complexity index is 1670. The maximum Gasteiger partial charge on any atom is 0.408 e. The molecule has 4 N–H and O–H groups in total. The van der Waals surface area contributed by atoms with Gasteiger partial charge in [0, 0.05) is 11.3 Å². The topological polar surface area (TPSA) is 134 Å². The summed E-state index contributed by atoms with van der Waals surface area (Å²) >= 11 is 0. The van der Waals surface area contributed by atoms with E-state index in [1.165, 1.54) is 5.56 Å². The second-order valence-electron chi connectivity index (χ2n) is 13.7. The van der Waals surface area contributed by atoms with E-state index in [4.69, 9.17) is 14.5 Å². The highest BCUT2D eigenvalue weighted by molar-refractivity contribution is 5.75. The molecule has 2 amide bonds. The van der Waals surface area contributed by atoms with E-state index in [0.29, 0.717) is 5.82 Å². The molecule has 10 heteroatoms. The van der Waals surface area contributed by atoms with Gasteiger partial charge in [-0.15, -0.1) is 0 Å². The van der Waals surface area contributed by atoms with Gasteiger partial charge in [0.25, 0.3) is 0 Å². The molecule has 238 valence electrons. The Hall–Kier alpha value is -4.60. The van der Waals surface area contributed by atoms with Crippen LogP contribution in [-0.4, -0.2) is 43.3 Å². The number of hydrogen-bond acceptors (Lipinski definition) is 6. The second kappa shape index (κ2) is 12.4. The first-order valence-electron chi connectivity index (χ1n) is 15.5. The summed E-state index contributed by atoms with van der Waals surface area (Å²) in [7, 11) is 0. The fourth-order valence-corrected chi connectivity index (χ4v) is 5.36. The first kappa shape index (κ1) is 31.8. The quantitative estimate of drug-likeness (QED) is 0.176. The number of alkyl carbamates (subject to hydrolysis) is 2. The minimum Gasteiger partial charge on any atom is -0.444 e. The number of fused-ring (bicyclic) bond motifs is 3. The molecule has 2 atom stereocenters. The van der Waals surface area contributed by atoms with Gasteiger partial charge < -0.3 is 30.1 Å². The van der Waals surface area contributed by atoms with E-state index in [9.17, 15) is 9.59 Å². The predicted molar refractivity (Wildman–Crippen MR) is 175 cm³/mol. The molecule has 10 nitrogen and oxygen atoms in total. The Kier molecular flexibility index (Phi) is 8.78. The van der Waals surface area contributed by atoms with Crippen LogP contribution >= 0.6 is 0 Å². The highest BCUT2D eigenvalue weighted by Crippen LogP contribution is 2.35. The van der Waals surface area contributed by atoms with Gasteiger partial charge in [0.15, 0.2) is 0 Å². The molecular weight excluding hydrogens is 568 g/mol. The van der Waals surface area contributed by atoms with Gasteiger partial charge in [0.2, 0.25) is 0 Å². The van der Waals surface area contributed by atoms with E-state index in [-0.39, 0.29) is 12.1 Å². The molecule has 5 rings (SSSR count). The summed E-state index contributed by atoms with van der Waals surface area (Å²) in [5.41, 5.74) is 7.40. The number of hydrogen-bond donors (Lipinski definition) is 4. The van der Waals surface area contributed by atoms with Gasteiger partial charge in [0.05, 0.1) is 29.7 Å². The maximum absolute atomic E-state index is 12.3. The number of carbonyl (C=O) groups excluding carboxylic acids is 2. The molecule has 0 saturated carbocycles. The highest BCUT2D eigenvalue weighted by atomic mass is 16.6. The van der Waals surface area contributed by atoms with Crippen LogP contribution in [0.15, 0.2) is 48.7 Å². The Labute approximate surface area is 264 Å². The Balaban J connectivity index is 1.29. The van der Waals surface area contributed by atoms with Crippen molar-refractivity contribution >= 4 is 12.2 Å². The van der Waals surface area contributed by atoms with E-state index < -0.39 is 23.4 Å². The molecule has 0 bridgehead atoms. The van der Waals surface area contributed by atoms with Gasteiger partial charge in [-0.1, -0.05) is 42.5 Å². The van der Waals surface area contributed by atoms with Crippen LogP contribution < -0.4 is 10.6 Å². The van der Waals surface area contributed by atoms with Crippen molar-refractivity contribution in [3.8, 4) is 33.6 Å². The summed E-state index contributed by atoms with van der Waals surface area (Å²) in [6, 6.07) is 14.3. The standard InChI is InChI=1S/C35H44N6O4/c1-20(37-32(42)44-34(3,4)5)30-36-19-28(40-30)23-14-12-22(13-15-23)24-16-17-26-25(18-24)10-9-11-27-29(26)41-31(39-27)21(2)38-33(43)45-35(6,7)8/h12-21H,9-11H2,1-8H3,(H,36,40)(H,37,42)(H,38,43)(H,39,41)/t20-,21-/m0/s1. The minimum absolute atomic E-state index is 0.316. The minimum atomic E-state index is -0.566. The third-order valence-corrected chi connectivity index (χ3v) is 7.44. The molecule has 0 radical (unpaired) electrons. The van der Waals surface area contributed by atoms with Crippen molar-refractivity contribution in [2.45, 2.75) is 97.9 Å². The van der Waals surface area contributed by atoms with Gasteiger partial charge in [-0.2, -0.15) is 0 Å². The van der Waals surface area contributed by atoms with Gasteiger partial charge in [-0.25, -0.2) is 19.6 Å². The summed E-state index contributed by atoms with van der Waals surface area (Å²) in [6.45, 7) is 14.8. The lowest BCUT2D eigenvalue weighted by atomic mass is 9.95. The smallest absolute Gasteiger partial charge is 0.408 e. The zero-order chi connectivity index (χ0) is 32.5. The normalized spacial score (nSPS) is 14.4. The summed E-state index contributed by atoms with van der Waals surface area (Å²) in [6.07, 6.45) is 3.68. The number of amides is 2. The van der Waals surface area contributed by atoms with Crippen LogP contribution in [0, 0.1) is 0 Å². The molecule has 0 fully saturated rings. The zero-order valence-electron chi connectivity index (χ0n) is 27.4. The molecule has 2 heterocycles. The van der Waals surface area contributed by atoms with E-state index in [1.54, 1.807) is 6.20 Å². The molecule has 2 aromatic heterocycles. The van der Waals surface area contributed by atoms with Crippen molar-refractivity contribution in [1.29, 1.82) is 0 Å². The summed E-state index contributed by atoms with van der Waals surface area (Å²) in [5, 5.41) is 5.71. The molecule has 0 spiro atoms. The number of aromatic amines is 2. The fraction of sp³-hybridized carbons (Fsp3) is 0.429. The lowest BCUT2D eigenvalue weighted by Gasteiger charge is -2.21. The van der Waals surface area contributed by atoms with Crippen molar-refractivity contribution < 1.29 is 19.1 Å². The number of carbonyl (C=O) groups is 2. The number of ether oxygens (including phenoxy) is 2. The number of benzene rings is 2. The third-order valence-electron chi connectivity index (χ3n) is 7.44. The van der Waals surface area contributed by atoms with Crippen molar-refractivity contribution in [3.63, 3.8) is 0 Å². The lowest BCUT2D eigenvalue weighted by molar-refractivity contribution is 0.0494. The number of nitrogens with zero attached hydrogens (tertiary/aromatic N) is 2. The van der Waals surface area contributed by atoms with Crippen LogP contribution in [0.4, 0.5) is 9.59 Å². The van der Waals surface area contributed by atoms with E-state index >= 15 is 0 Å². The monoisotopic (exact) mass is 612 g/mol. The molecule has 0 aliphatic heterocycles. The SMILES string of the molecule is C[C@H](NC(=O)OC(C)(C)C)c1ncc(-c2ccc(-c3ccc4c(c3)CCCc3[nH]c([C@H](C)NC(=O)OC(C)(C)C)nc3-4)cc2)[nH]1. The summed E-state index contributed by atoms with van der Waals surface area (Å²) in [5.74, 6) is 1.37. The fourth-order valence-electron chi connectivity index (χ4n) is 5.36. The van der Waals surface area contributed by atoms with Crippen molar-refractivity contribution in [2.75, 3.05) is 0 Å². The molecular formula is C35H44N6O4. The van der Waals surface area contributed by atoms with Crippen LogP contribution in [-0.2, 0) is 22.3 Å². The van der Waals surface area contributed by atoms with Crippen LogP contribution in [0.3, 0.4) is 0 Å². The van der Waals surface area contributed by atoms with Crippen LogP contribution in [0.1, 0.15) is 96.8 Å². The first-order valence-corrected chi connectivity index (χ1v) is 15.5. The van der Waals surface area contributed by atoms with Crippen molar-refractivity contribution in [1.82, 2.24) is 30.6 Å². The van der Waals surface area contributed by atoms with Gasteiger partial charge in [-0.3, -0.25) is 0 Å². The summed E-state index contributed by atoms with van der Waals surface area (Å²) < 4.78 is 10.8. The molecule has 45 heavy (non-hydrogen) atoms. The molecule has 4 aromatic rings. The molecule has 1 aliphatic rings. The zero-order valence-corrected chi connectivity index (χ0v) is 27.4. The number of H-pyrrole nitrogens is 2. The van der Waals surface area contributed by atoms with Crippen molar-refractivity contribution in [2.24, 2.45) is 0 Å². The van der Waals surface area contributed by atoms with Gasteiger partial charge in [0.1, 0.15) is 22.9 Å². The lowest BCUT2D eigenvalue weighted by Crippen LogP contribution is -2.34. The van der Waals surface area contributed by atoms with Gasteiger partial charge in [-0.05, 0) is 96.9 Å². The Morgan fingerprint density at radius 2 is 1.36 bits per heavy atom. The van der Waals surface area contributed by atoms with Crippen LogP contribution in [0.2, 0.25) is 0 Å².